The van der Waals surface area contributed by atoms with Crippen molar-refractivity contribution in [3.63, 3.8) is 0 Å². The van der Waals surface area contributed by atoms with Gasteiger partial charge in [0, 0.05) is 13.1 Å². The first-order valence-corrected chi connectivity index (χ1v) is 7.50. The third-order valence-corrected chi connectivity index (χ3v) is 5.06. The van der Waals surface area contributed by atoms with Crippen molar-refractivity contribution < 1.29 is 4.79 Å². The Morgan fingerprint density at radius 1 is 1.39 bits per heavy atom. The van der Waals surface area contributed by atoms with Gasteiger partial charge >= 0.3 is 0 Å². The molecule has 3 aliphatic rings. The molecule has 0 aromatic carbocycles. The van der Waals surface area contributed by atoms with Crippen LogP contribution in [0, 0.1) is 5.92 Å². The monoisotopic (exact) mass is 251 g/mol. The SMILES string of the molecule is CCN1CCC(CN2CNC3(CCCC3)C2=O)C1. The normalized spacial score (nSPS) is 31.9. The molecule has 2 aliphatic heterocycles. The maximum Gasteiger partial charge on any atom is 0.243 e. The van der Waals surface area contributed by atoms with Gasteiger partial charge in [-0.25, -0.2) is 0 Å². The second-order valence-corrected chi connectivity index (χ2v) is 6.20. The van der Waals surface area contributed by atoms with Crippen LogP contribution in [0.15, 0.2) is 0 Å². The quantitative estimate of drug-likeness (QED) is 0.814. The predicted octanol–water partition coefficient (Wildman–Crippen LogP) is 1.03. The van der Waals surface area contributed by atoms with Gasteiger partial charge in [0.1, 0.15) is 0 Å². The summed E-state index contributed by atoms with van der Waals surface area (Å²) in [5.41, 5.74) is -0.164. The first kappa shape index (κ1) is 12.4. The van der Waals surface area contributed by atoms with Crippen LogP contribution in [0.1, 0.15) is 39.0 Å². The number of likely N-dealkylation sites (tertiary alicyclic amines) is 1. The summed E-state index contributed by atoms with van der Waals surface area (Å²) < 4.78 is 0. The van der Waals surface area contributed by atoms with Crippen molar-refractivity contribution in [1.82, 2.24) is 15.1 Å². The van der Waals surface area contributed by atoms with Crippen LogP contribution in [0.25, 0.3) is 0 Å². The van der Waals surface area contributed by atoms with Crippen LogP contribution in [-0.4, -0.2) is 54.1 Å². The number of nitrogens with one attached hydrogen (secondary N) is 1. The molecule has 1 saturated carbocycles. The van der Waals surface area contributed by atoms with Gasteiger partial charge in [-0.05, 0) is 38.3 Å². The van der Waals surface area contributed by atoms with Crippen LogP contribution in [-0.2, 0) is 4.79 Å². The van der Waals surface area contributed by atoms with Gasteiger partial charge < -0.3 is 9.80 Å². The number of rotatable bonds is 3. The van der Waals surface area contributed by atoms with E-state index in [0.717, 1.165) is 32.6 Å². The Bertz CT molecular complexity index is 325. The van der Waals surface area contributed by atoms with Crippen molar-refractivity contribution in [3.8, 4) is 0 Å². The van der Waals surface area contributed by atoms with Crippen molar-refractivity contribution in [2.24, 2.45) is 5.92 Å². The zero-order valence-electron chi connectivity index (χ0n) is 11.5. The van der Waals surface area contributed by atoms with Gasteiger partial charge in [-0.1, -0.05) is 19.8 Å². The fourth-order valence-electron chi connectivity index (χ4n) is 3.87. The van der Waals surface area contributed by atoms with Gasteiger partial charge in [-0.15, -0.1) is 0 Å². The molecule has 1 N–H and O–H groups in total. The van der Waals surface area contributed by atoms with Gasteiger partial charge in [0.05, 0.1) is 12.2 Å². The lowest BCUT2D eigenvalue weighted by Gasteiger charge is -2.23. The van der Waals surface area contributed by atoms with Crippen LogP contribution < -0.4 is 5.32 Å². The molecule has 4 nitrogen and oxygen atoms in total. The summed E-state index contributed by atoms with van der Waals surface area (Å²) >= 11 is 0. The molecule has 3 rings (SSSR count). The predicted molar refractivity (Wildman–Crippen MR) is 71.1 cm³/mol. The number of carbonyl (C=O) groups is 1. The van der Waals surface area contributed by atoms with E-state index in [1.54, 1.807) is 0 Å². The third kappa shape index (κ3) is 2.05. The highest BCUT2D eigenvalue weighted by molar-refractivity contribution is 5.88. The zero-order chi connectivity index (χ0) is 12.6. The molecular formula is C14H25N3O. The van der Waals surface area contributed by atoms with Gasteiger partial charge in [-0.3, -0.25) is 10.1 Å². The smallest absolute Gasteiger partial charge is 0.243 e. The highest BCUT2D eigenvalue weighted by atomic mass is 16.2. The van der Waals surface area contributed by atoms with E-state index in [2.05, 4.69) is 22.0 Å². The average Bonchev–Trinajstić information content (AvgIpc) is 3.08. The van der Waals surface area contributed by atoms with E-state index in [1.807, 2.05) is 0 Å². The van der Waals surface area contributed by atoms with Crippen molar-refractivity contribution in [3.05, 3.63) is 0 Å². The van der Waals surface area contributed by atoms with Crippen LogP contribution in [0.3, 0.4) is 0 Å². The van der Waals surface area contributed by atoms with Crippen LogP contribution in [0.4, 0.5) is 0 Å². The molecule has 0 bridgehead atoms. The molecule has 18 heavy (non-hydrogen) atoms. The lowest BCUT2D eigenvalue weighted by Crippen LogP contribution is -2.44. The van der Waals surface area contributed by atoms with Gasteiger partial charge in [-0.2, -0.15) is 0 Å². The molecule has 0 aromatic rings. The molecule has 0 radical (unpaired) electrons. The van der Waals surface area contributed by atoms with E-state index in [-0.39, 0.29) is 5.54 Å². The van der Waals surface area contributed by atoms with Gasteiger partial charge in [0.2, 0.25) is 5.91 Å². The summed E-state index contributed by atoms with van der Waals surface area (Å²) in [7, 11) is 0. The summed E-state index contributed by atoms with van der Waals surface area (Å²) in [6.45, 7) is 7.49. The third-order valence-electron chi connectivity index (χ3n) is 5.06. The lowest BCUT2D eigenvalue weighted by atomic mass is 9.97. The lowest BCUT2D eigenvalue weighted by molar-refractivity contribution is -0.132. The van der Waals surface area contributed by atoms with E-state index in [4.69, 9.17) is 0 Å². The van der Waals surface area contributed by atoms with E-state index in [0.29, 0.717) is 11.8 Å². The van der Waals surface area contributed by atoms with E-state index in [9.17, 15) is 4.79 Å². The molecule has 1 amide bonds. The molecule has 1 unspecified atom stereocenters. The van der Waals surface area contributed by atoms with Crippen molar-refractivity contribution in [2.75, 3.05) is 32.8 Å². The number of hydrogen-bond acceptors (Lipinski definition) is 3. The fraction of sp³-hybridized carbons (Fsp3) is 0.929. The Balaban J connectivity index is 1.57. The molecule has 1 spiro atoms. The molecule has 4 heteroatoms. The summed E-state index contributed by atoms with van der Waals surface area (Å²) in [4.78, 5) is 17.1. The Hall–Kier alpha value is -0.610. The highest BCUT2D eigenvalue weighted by Gasteiger charge is 2.48. The standard InChI is InChI=1S/C14H25N3O/c1-2-16-8-5-12(9-16)10-17-11-15-14(13(17)18)6-3-4-7-14/h12,15H,2-11H2,1H3. The van der Waals surface area contributed by atoms with Crippen molar-refractivity contribution in [1.29, 1.82) is 0 Å². The number of carbonyl (C=O) groups excluding carboxylic acids is 1. The number of amides is 1. The van der Waals surface area contributed by atoms with Gasteiger partial charge in [0.25, 0.3) is 0 Å². The van der Waals surface area contributed by atoms with E-state index in [1.165, 1.54) is 32.4 Å². The minimum absolute atomic E-state index is 0.164. The Morgan fingerprint density at radius 2 is 2.17 bits per heavy atom. The van der Waals surface area contributed by atoms with Crippen LogP contribution in [0.2, 0.25) is 0 Å². The summed E-state index contributed by atoms with van der Waals surface area (Å²) in [6, 6.07) is 0. The molecule has 3 fully saturated rings. The number of hydrogen-bond donors (Lipinski definition) is 1. The Morgan fingerprint density at radius 3 is 2.83 bits per heavy atom. The minimum Gasteiger partial charge on any atom is -0.328 e. The van der Waals surface area contributed by atoms with Gasteiger partial charge in [0.15, 0.2) is 0 Å². The molecule has 102 valence electrons. The minimum atomic E-state index is -0.164. The molecule has 1 aliphatic carbocycles. The van der Waals surface area contributed by atoms with Crippen molar-refractivity contribution in [2.45, 2.75) is 44.6 Å². The summed E-state index contributed by atoms with van der Waals surface area (Å²) in [6.07, 6.45) is 5.77. The van der Waals surface area contributed by atoms with E-state index >= 15 is 0 Å². The highest BCUT2D eigenvalue weighted by Crippen LogP contribution is 2.34. The average molecular weight is 251 g/mol. The summed E-state index contributed by atoms with van der Waals surface area (Å²) in [5.74, 6) is 1.07. The topological polar surface area (TPSA) is 35.6 Å². The molecule has 0 aromatic heterocycles. The molecule has 2 saturated heterocycles. The van der Waals surface area contributed by atoms with Crippen LogP contribution in [0.5, 0.6) is 0 Å². The number of nitrogens with zero attached hydrogens (tertiary/aromatic N) is 2. The van der Waals surface area contributed by atoms with E-state index < -0.39 is 0 Å². The molecule has 2 heterocycles. The second kappa shape index (κ2) is 4.82. The molecular weight excluding hydrogens is 226 g/mol. The maximum absolute atomic E-state index is 12.5. The Kier molecular flexibility index (Phi) is 3.32. The Labute approximate surface area is 110 Å². The largest absolute Gasteiger partial charge is 0.328 e. The maximum atomic E-state index is 12.5. The van der Waals surface area contributed by atoms with Crippen LogP contribution >= 0.6 is 0 Å². The summed E-state index contributed by atoms with van der Waals surface area (Å²) in [5, 5.41) is 3.49. The fourth-order valence-corrected chi connectivity index (χ4v) is 3.87. The zero-order valence-corrected chi connectivity index (χ0v) is 11.5. The second-order valence-electron chi connectivity index (χ2n) is 6.20. The first-order valence-electron chi connectivity index (χ1n) is 7.50. The molecule has 1 atom stereocenters. The first-order chi connectivity index (χ1) is 8.73. The van der Waals surface area contributed by atoms with Crippen molar-refractivity contribution >= 4 is 5.91 Å².